The Hall–Kier alpha value is -1.69. The van der Waals surface area contributed by atoms with Gasteiger partial charge in [-0.3, -0.25) is 4.99 Å². The summed E-state index contributed by atoms with van der Waals surface area (Å²) in [7, 11) is 1.53. The van der Waals surface area contributed by atoms with Gasteiger partial charge < -0.3 is 16.4 Å². The van der Waals surface area contributed by atoms with Gasteiger partial charge in [-0.15, -0.1) is 0 Å². The molecular weight excluding hydrogens is 239 g/mol. The smallest absolute Gasteiger partial charge is 0.194 e. The van der Waals surface area contributed by atoms with Crippen LogP contribution in [0.2, 0.25) is 0 Å². The van der Waals surface area contributed by atoms with Crippen molar-refractivity contribution in [3.8, 4) is 0 Å². The number of hydrogen-bond acceptors (Lipinski definition) is 2. The zero-order valence-corrected chi connectivity index (χ0v) is 10.6. The van der Waals surface area contributed by atoms with Crippen LogP contribution >= 0.6 is 12.2 Å². The predicted molar refractivity (Wildman–Crippen MR) is 72.7 cm³/mol. The Balaban J connectivity index is 2.84. The van der Waals surface area contributed by atoms with E-state index in [4.69, 9.17) is 18.0 Å². The molecule has 0 saturated heterocycles. The molecule has 0 fully saturated rings. The molecule has 1 aromatic carbocycles. The molecule has 0 aliphatic heterocycles. The maximum absolute atomic E-state index is 13.6. The minimum atomic E-state index is -0.347. The number of halogens is 1. The van der Waals surface area contributed by atoms with Crippen LogP contribution in [0.1, 0.15) is 12.5 Å². The van der Waals surface area contributed by atoms with Crippen molar-refractivity contribution in [2.75, 3.05) is 12.4 Å². The van der Waals surface area contributed by atoms with E-state index in [1.807, 2.05) is 13.0 Å². The first-order valence-corrected chi connectivity index (χ1v) is 5.57. The maximum Gasteiger partial charge on any atom is 0.194 e. The number of thiocarbonyl (C=S) groups is 1. The van der Waals surface area contributed by atoms with Crippen LogP contribution in [0.3, 0.4) is 0 Å². The van der Waals surface area contributed by atoms with Crippen LogP contribution in [-0.4, -0.2) is 18.1 Å². The monoisotopic (exact) mass is 254 g/mol. The number of nitrogens with two attached hydrogens (primary N) is 1. The number of guanidine groups is 1. The first kappa shape index (κ1) is 13.4. The molecule has 17 heavy (non-hydrogen) atoms. The van der Waals surface area contributed by atoms with Gasteiger partial charge in [0.05, 0.1) is 5.69 Å². The van der Waals surface area contributed by atoms with E-state index in [-0.39, 0.29) is 16.9 Å². The second-order valence-electron chi connectivity index (χ2n) is 3.32. The molecule has 92 valence electrons. The van der Waals surface area contributed by atoms with Crippen molar-refractivity contribution in [3.05, 3.63) is 29.6 Å². The van der Waals surface area contributed by atoms with E-state index in [1.54, 1.807) is 6.07 Å². The minimum Gasteiger partial charge on any atom is -0.370 e. The van der Waals surface area contributed by atoms with Crippen molar-refractivity contribution in [2.24, 2.45) is 10.7 Å². The normalized spacial score (nSPS) is 11.1. The zero-order valence-electron chi connectivity index (χ0n) is 9.75. The van der Waals surface area contributed by atoms with E-state index in [0.29, 0.717) is 12.1 Å². The van der Waals surface area contributed by atoms with Gasteiger partial charge in [0.15, 0.2) is 11.1 Å². The fourth-order valence-corrected chi connectivity index (χ4v) is 1.53. The summed E-state index contributed by atoms with van der Waals surface area (Å²) in [5, 5.41) is 5.63. The summed E-state index contributed by atoms with van der Waals surface area (Å²) in [6, 6.07) is 4.88. The summed E-state index contributed by atoms with van der Waals surface area (Å²) >= 11 is 5.00. The number of aryl methyl sites for hydroxylation is 1. The van der Waals surface area contributed by atoms with Gasteiger partial charge >= 0.3 is 0 Å². The molecule has 6 heteroatoms. The molecule has 0 amide bonds. The molecule has 4 nitrogen and oxygen atoms in total. The molecule has 0 radical (unpaired) electrons. The number of nitrogens with one attached hydrogen (secondary N) is 2. The van der Waals surface area contributed by atoms with Gasteiger partial charge in [-0.05, 0) is 30.3 Å². The van der Waals surface area contributed by atoms with Crippen LogP contribution < -0.4 is 16.4 Å². The van der Waals surface area contributed by atoms with E-state index in [1.165, 1.54) is 13.1 Å². The van der Waals surface area contributed by atoms with Gasteiger partial charge in [0.2, 0.25) is 0 Å². The second-order valence-corrected chi connectivity index (χ2v) is 3.72. The lowest BCUT2D eigenvalue weighted by Crippen LogP contribution is -2.39. The lowest BCUT2D eigenvalue weighted by atomic mass is 10.1. The molecular formula is C11H15FN4S. The van der Waals surface area contributed by atoms with Crippen molar-refractivity contribution in [3.63, 3.8) is 0 Å². The number of anilines is 1. The Morgan fingerprint density at radius 3 is 2.82 bits per heavy atom. The van der Waals surface area contributed by atoms with E-state index < -0.39 is 0 Å². The molecule has 4 N–H and O–H groups in total. The Bertz CT molecular complexity index is 445. The quantitative estimate of drug-likeness (QED) is 0.426. The molecule has 0 atom stereocenters. The van der Waals surface area contributed by atoms with E-state index in [2.05, 4.69) is 15.6 Å². The van der Waals surface area contributed by atoms with Gasteiger partial charge in [-0.2, -0.15) is 0 Å². The molecule has 0 aliphatic rings. The second kappa shape index (κ2) is 6.15. The Morgan fingerprint density at radius 1 is 1.53 bits per heavy atom. The molecule has 0 spiro atoms. The van der Waals surface area contributed by atoms with Crippen molar-refractivity contribution in [2.45, 2.75) is 13.3 Å². The highest BCUT2D eigenvalue weighted by Gasteiger charge is 2.08. The predicted octanol–water partition coefficient (Wildman–Crippen LogP) is 1.62. The highest BCUT2D eigenvalue weighted by atomic mass is 32.1. The Labute approximate surface area is 105 Å². The average molecular weight is 254 g/mol. The molecule has 0 aromatic heterocycles. The summed E-state index contributed by atoms with van der Waals surface area (Å²) in [5.74, 6) is -0.169. The summed E-state index contributed by atoms with van der Waals surface area (Å²) < 4.78 is 13.6. The largest absolute Gasteiger partial charge is 0.370 e. The minimum absolute atomic E-state index is 0.178. The Kier molecular flexibility index (Phi) is 4.84. The van der Waals surface area contributed by atoms with Gasteiger partial charge in [0.1, 0.15) is 5.82 Å². The number of nitrogens with zero attached hydrogens (tertiary/aromatic N) is 1. The van der Waals surface area contributed by atoms with Crippen LogP contribution in [0, 0.1) is 5.82 Å². The maximum atomic E-state index is 13.6. The molecule has 1 aromatic rings. The van der Waals surface area contributed by atoms with Gasteiger partial charge in [-0.1, -0.05) is 19.1 Å². The van der Waals surface area contributed by atoms with Crippen LogP contribution in [0.5, 0.6) is 0 Å². The van der Waals surface area contributed by atoms with E-state index >= 15 is 0 Å². The SMILES string of the molecule is CCc1cccc(F)c1NC(=S)NC(N)=NC. The fourth-order valence-electron chi connectivity index (χ4n) is 1.32. The highest BCUT2D eigenvalue weighted by molar-refractivity contribution is 7.80. The first-order valence-electron chi connectivity index (χ1n) is 5.16. The lowest BCUT2D eigenvalue weighted by Gasteiger charge is -2.13. The van der Waals surface area contributed by atoms with E-state index in [0.717, 1.165) is 5.56 Å². The molecule has 0 bridgehead atoms. The molecule has 0 heterocycles. The zero-order chi connectivity index (χ0) is 12.8. The third-order valence-electron chi connectivity index (χ3n) is 2.20. The number of hydrogen-bond donors (Lipinski definition) is 3. The lowest BCUT2D eigenvalue weighted by molar-refractivity contribution is 0.630. The summed E-state index contributed by atoms with van der Waals surface area (Å²) in [6.07, 6.45) is 0.708. The van der Waals surface area contributed by atoms with Gasteiger partial charge in [0, 0.05) is 7.05 Å². The summed E-state index contributed by atoms with van der Waals surface area (Å²) in [6.45, 7) is 1.94. The van der Waals surface area contributed by atoms with Gasteiger partial charge in [-0.25, -0.2) is 4.39 Å². The number of para-hydroxylation sites is 1. The first-order chi connectivity index (χ1) is 8.08. The van der Waals surface area contributed by atoms with Crippen molar-refractivity contribution < 1.29 is 4.39 Å². The third-order valence-corrected chi connectivity index (χ3v) is 2.41. The van der Waals surface area contributed by atoms with Crippen molar-refractivity contribution >= 4 is 29.0 Å². The molecule has 1 rings (SSSR count). The number of rotatable bonds is 2. The fraction of sp³-hybridized carbons (Fsp3) is 0.273. The average Bonchev–Trinajstić information content (AvgIpc) is 2.31. The number of aliphatic imine (C=N–C) groups is 1. The topological polar surface area (TPSA) is 62.4 Å². The van der Waals surface area contributed by atoms with Crippen LogP contribution in [0.15, 0.2) is 23.2 Å². The van der Waals surface area contributed by atoms with Crippen molar-refractivity contribution in [1.29, 1.82) is 0 Å². The highest BCUT2D eigenvalue weighted by Crippen LogP contribution is 2.20. The summed E-state index contributed by atoms with van der Waals surface area (Å²) in [5.41, 5.74) is 6.67. The molecule has 0 unspecified atom stereocenters. The van der Waals surface area contributed by atoms with Crippen molar-refractivity contribution in [1.82, 2.24) is 5.32 Å². The molecule has 0 aliphatic carbocycles. The van der Waals surface area contributed by atoms with E-state index in [9.17, 15) is 4.39 Å². The molecule has 0 saturated carbocycles. The van der Waals surface area contributed by atoms with Crippen LogP contribution in [0.25, 0.3) is 0 Å². The number of benzene rings is 1. The van der Waals surface area contributed by atoms with Gasteiger partial charge in [0.25, 0.3) is 0 Å². The standard InChI is InChI=1S/C11H15FN4S/c1-3-7-5-4-6-8(12)9(7)15-11(17)16-10(13)14-2/h4-6H,3H2,1-2H3,(H4,13,14,15,16,17). The Morgan fingerprint density at radius 2 is 2.24 bits per heavy atom. The third kappa shape index (κ3) is 3.67. The van der Waals surface area contributed by atoms with Crippen LogP contribution in [-0.2, 0) is 6.42 Å². The summed E-state index contributed by atoms with van der Waals surface area (Å²) in [4.78, 5) is 3.70. The van der Waals surface area contributed by atoms with Crippen LogP contribution in [0.4, 0.5) is 10.1 Å².